The van der Waals surface area contributed by atoms with E-state index in [4.69, 9.17) is 11.6 Å². The fourth-order valence-electron chi connectivity index (χ4n) is 3.41. The summed E-state index contributed by atoms with van der Waals surface area (Å²) in [6, 6.07) is 18.4. The van der Waals surface area contributed by atoms with Crippen molar-refractivity contribution in [1.82, 2.24) is 19.5 Å². The van der Waals surface area contributed by atoms with Gasteiger partial charge in [0, 0.05) is 37.6 Å². The number of amides is 2. The van der Waals surface area contributed by atoms with Crippen molar-refractivity contribution in [2.24, 2.45) is 0 Å². The van der Waals surface area contributed by atoms with E-state index in [1.54, 1.807) is 67.0 Å². The fourth-order valence-corrected chi connectivity index (χ4v) is 3.88. The summed E-state index contributed by atoms with van der Waals surface area (Å²) in [6.07, 6.45) is 4.32. The van der Waals surface area contributed by atoms with Crippen molar-refractivity contribution in [2.75, 3.05) is 19.8 Å². The molecule has 0 saturated carbocycles. The molecule has 1 N–H and O–H groups in total. The summed E-state index contributed by atoms with van der Waals surface area (Å²) in [7, 11) is -2.28. The van der Waals surface area contributed by atoms with E-state index in [1.165, 1.54) is 11.9 Å². The van der Waals surface area contributed by atoms with Crippen molar-refractivity contribution in [3.05, 3.63) is 101 Å². The van der Waals surface area contributed by atoms with E-state index in [0.29, 0.717) is 10.6 Å². The molecule has 0 fully saturated rings. The average molecular weight is 515 g/mol. The highest BCUT2D eigenvalue weighted by molar-refractivity contribution is 7.88. The molecule has 1 unspecified atom stereocenters. The maximum Gasteiger partial charge on any atom is 0.247 e. The Bertz CT molecular complexity index is 1240. The molecule has 1 atom stereocenters. The Labute approximate surface area is 210 Å². The van der Waals surface area contributed by atoms with Crippen LogP contribution < -0.4 is 5.32 Å². The Morgan fingerprint density at radius 2 is 1.69 bits per heavy atom. The van der Waals surface area contributed by atoms with Gasteiger partial charge in [-0.25, -0.2) is 8.42 Å². The number of sulfonamides is 1. The molecule has 8 nitrogen and oxygen atoms in total. The first-order valence-corrected chi connectivity index (χ1v) is 13.0. The summed E-state index contributed by atoms with van der Waals surface area (Å²) < 4.78 is 24.9. The summed E-state index contributed by atoms with van der Waals surface area (Å²) in [5.74, 6) is -0.914. The van der Waals surface area contributed by atoms with Gasteiger partial charge in [-0.3, -0.25) is 14.6 Å². The number of hydrogen-bond donors (Lipinski definition) is 1. The van der Waals surface area contributed by atoms with Crippen LogP contribution in [0.2, 0.25) is 5.02 Å². The Balaban J connectivity index is 1.97. The highest BCUT2D eigenvalue weighted by atomic mass is 35.5. The molecule has 0 aliphatic heterocycles. The highest BCUT2D eigenvalue weighted by Gasteiger charge is 2.32. The summed E-state index contributed by atoms with van der Waals surface area (Å²) >= 11 is 6.02. The van der Waals surface area contributed by atoms with Gasteiger partial charge in [0.15, 0.2) is 0 Å². The van der Waals surface area contributed by atoms with Gasteiger partial charge in [0.05, 0.1) is 12.8 Å². The van der Waals surface area contributed by atoms with Crippen molar-refractivity contribution in [2.45, 2.75) is 19.1 Å². The minimum absolute atomic E-state index is 0.0769. The molecule has 1 aromatic heterocycles. The minimum Gasteiger partial charge on any atom is -0.350 e. The Kier molecular flexibility index (Phi) is 8.97. The molecule has 0 radical (unpaired) electrons. The van der Waals surface area contributed by atoms with Crippen LogP contribution >= 0.6 is 11.6 Å². The standard InChI is InChI=1S/C25H27ClN4O4S/c1-29(35(2,33)34)18-23(31)30(17-19-10-12-22(26)13-11-19)24(21-8-4-3-5-9-21)25(32)28-16-20-7-6-14-27-15-20/h3-15,24H,16-18H2,1-2H3,(H,28,32). The van der Waals surface area contributed by atoms with Crippen molar-refractivity contribution >= 4 is 33.4 Å². The molecular weight excluding hydrogens is 488 g/mol. The topological polar surface area (TPSA) is 99.7 Å². The quantitative estimate of drug-likeness (QED) is 0.448. The number of hydrogen-bond acceptors (Lipinski definition) is 5. The lowest BCUT2D eigenvalue weighted by Crippen LogP contribution is -2.47. The normalized spacial score (nSPS) is 12.2. The molecule has 2 aromatic carbocycles. The third-order valence-corrected chi connectivity index (χ3v) is 6.89. The van der Waals surface area contributed by atoms with Crippen molar-refractivity contribution in [3.63, 3.8) is 0 Å². The first-order valence-electron chi connectivity index (χ1n) is 10.8. The number of pyridine rings is 1. The zero-order valence-electron chi connectivity index (χ0n) is 19.5. The van der Waals surface area contributed by atoms with Crippen LogP contribution in [0.3, 0.4) is 0 Å². The van der Waals surface area contributed by atoms with E-state index in [-0.39, 0.29) is 13.1 Å². The summed E-state index contributed by atoms with van der Waals surface area (Å²) in [6.45, 7) is -0.110. The molecular formula is C25H27ClN4O4S. The number of benzene rings is 2. The van der Waals surface area contributed by atoms with Gasteiger partial charge in [-0.1, -0.05) is 60.1 Å². The lowest BCUT2D eigenvalue weighted by molar-refractivity contribution is -0.141. The molecule has 0 aliphatic carbocycles. The molecule has 184 valence electrons. The molecule has 10 heteroatoms. The third-order valence-electron chi connectivity index (χ3n) is 5.38. The van der Waals surface area contributed by atoms with Crippen LogP contribution in [0.1, 0.15) is 22.7 Å². The van der Waals surface area contributed by atoms with E-state index in [1.807, 2.05) is 12.1 Å². The molecule has 35 heavy (non-hydrogen) atoms. The number of halogens is 1. The second-order valence-electron chi connectivity index (χ2n) is 8.06. The molecule has 0 aliphatic rings. The van der Waals surface area contributed by atoms with Gasteiger partial charge in [0.1, 0.15) is 6.04 Å². The molecule has 0 saturated heterocycles. The van der Waals surface area contributed by atoms with Gasteiger partial charge in [-0.2, -0.15) is 4.31 Å². The molecule has 2 amide bonds. The van der Waals surface area contributed by atoms with Crippen molar-refractivity contribution in [1.29, 1.82) is 0 Å². The van der Waals surface area contributed by atoms with Gasteiger partial charge < -0.3 is 10.2 Å². The maximum absolute atomic E-state index is 13.5. The predicted octanol–water partition coefficient (Wildman–Crippen LogP) is 3.01. The number of rotatable bonds is 10. The smallest absolute Gasteiger partial charge is 0.247 e. The van der Waals surface area contributed by atoms with E-state index < -0.39 is 34.4 Å². The Morgan fingerprint density at radius 1 is 1.00 bits per heavy atom. The maximum atomic E-state index is 13.5. The number of nitrogens with one attached hydrogen (secondary N) is 1. The summed E-state index contributed by atoms with van der Waals surface area (Å²) in [5, 5.41) is 3.42. The van der Waals surface area contributed by atoms with Gasteiger partial charge in [-0.05, 0) is 34.9 Å². The fraction of sp³-hybridized carbons (Fsp3) is 0.240. The molecule has 0 bridgehead atoms. The zero-order chi connectivity index (χ0) is 25.4. The average Bonchev–Trinajstić information content (AvgIpc) is 2.84. The van der Waals surface area contributed by atoms with Crippen LogP contribution in [0.15, 0.2) is 79.1 Å². The first-order chi connectivity index (χ1) is 16.6. The molecule has 1 heterocycles. The monoisotopic (exact) mass is 514 g/mol. The van der Waals surface area contributed by atoms with Crippen LogP contribution in [-0.4, -0.2) is 54.3 Å². The van der Waals surface area contributed by atoms with Gasteiger partial charge in [0.25, 0.3) is 0 Å². The van der Waals surface area contributed by atoms with E-state index in [0.717, 1.165) is 21.7 Å². The zero-order valence-corrected chi connectivity index (χ0v) is 21.0. The van der Waals surface area contributed by atoms with Crippen LogP contribution in [0.4, 0.5) is 0 Å². The lowest BCUT2D eigenvalue weighted by Gasteiger charge is -2.32. The number of likely N-dealkylation sites (N-methyl/N-ethyl adjacent to an activating group) is 1. The summed E-state index contributed by atoms with van der Waals surface area (Å²) in [4.78, 5) is 32.4. The largest absolute Gasteiger partial charge is 0.350 e. The Hall–Kier alpha value is -3.27. The van der Waals surface area contributed by atoms with E-state index in [2.05, 4.69) is 10.3 Å². The number of carbonyl (C=O) groups is 2. The van der Waals surface area contributed by atoms with Crippen LogP contribution in [0.25, 0.3) is 0 Å². The van der Waals surface area contributed by atoms with Gasteiger partial charge in [-0.15, -0.1) is 0 Å². The van der Waals surface area contributed by atoms with E-state index in [9.17, 15) is 18.0 Å². The van der Waals surface area contributed by atoms with Gasteiger partial charge >= 0.3 is 0 Å². The number of nitrogens with zero attached hydrogens (tertiary/aromatic N) is 3. The predicted molar refractivity (Wildman–Crippen MR) is 135 cm³/mol. The molecule has 0 spiro atoms. The van der Waals surface area contributed by atoms with Gasteiger partial charge in [0.2, 0.25) is 21.8 Å². The summed E-state index contributed by atoms with van der Waals surface area (Å²) in [5.41, 5.74) is 2.14. The molecule has 3 aromatic rings. The second-order valence-corrected chi connectivity index (χ2v) is 10.6. The number of carbonyl (C=O) groups excluding carboxylic acids is 2. The van der Waals surface area contributed by atoms with Crippen molar-refractivity contribution < 1.29 is 18.0 Å². The number of aromatic nitrogens is 1. The third kappa shape index (κ3) is 7.61. The lowest BCUT2D eigenvalue weighted by atomic mass is 10.0. The second kappa shape index (κ2) is 11.9. The van der Waals surface area contributed by atoms with Crippen LogP contribution in [0, 0.1) is 0 Å². The molecule has 3 rings (SSSR count). The SMILES string of the molecule is CN(CC(=O)N(Cc1ccc(Cl)cc1)C(C(=O)NCc1cccnc1)c1ccccc1)S(C)(=O)=O. The van der Waals surface area contributed by atoms with E-state index >= 15 is 0 Å². The Morgan fingerprint density at radius 3 is 2.29 bits per heavy atom. The van der Waals surface area contributed by atoms with Crippen molar-refractivity contribution in [3.8, 4) is 0 Å². The first kappa shape index (κ1) is 26.3. The minimum atomic E-state index is -3.61. The highest BCUT2D eigenvalue weighted by Crippen LogP contribution is 2.25. The van der Waals surface area contributed by atoms with Crippen LogP contribution in [-0.2, 0) is 32.7 Å². The van der Waals surface area contributed by atoms with Crippen LogP contribution in [0.5, 0.6) is 0 Å².